The summed E-state index contributed by atoms with van der Waals surface area (Å²) in [6.45, 7) is 3.50. The van der Waals surface area contributed by atoms with Crippen LogP contribution in [0.3, 0.4) is 0 Å². The first kappa shape index (κ1) is 12.5. The lowest BCUT2D eigenvalue weighted by Crippen LogP contribution is -2.12. The van der Waals surface area contributed by atoms with Crippen molar-refractivity contribution < 1.29 is 14.3 Å². The number of carbonyl (C=O) groups excluding carboxylic acids is 1. The van der Waals surface area contributed by atoms with Gasteiger partial charge in [-0.25, -0.2) is 0 Å². The number of halogens is 1. The molecule has 4 nitrogen and oxygen atoms in total. The number of furan rings is 1. The van der Waals surface area contributed by atoms with Crippen molar-refractivity contribution in [3.05, 3.63) is 46.4 Å². The minimum Gasteiger partial charge on any atom is -0.508 e. The molecule has 0 unspecified atom stereocenters. The Hall–Kier alpha value is -1.94. The Bertz CT molecular complexity index is 604. The molecule has 94 valence electrons. The van der Waals surface area contributed by atoms with E-state index >= 15 is 0 Å². The molecule has 2 N–H and O–H groups in total. The van der Waals surface area contributed by atoms with E-state index in [1.54, 1.807) is 19.9 Å². The molecule has 0 radical (unpaired) electrons. The van der Waals surface area contributed by atoms with Crippen molar-refractivity contribution in [2.24, 2.45) is 0 Å². The van der Waals surface area contributed by atoms with Crippen LogP contribution in [0.2, 0.25) is 5.02 Å². The molecular formula is C13H12ClNO3. The summed E-state index contributed by atoms with van der Waals surface area (Å²) >= 11 is 5.91. The first-order valence-corrected chi connectivity index (χ1v) is 5.72. The van der Waals surface area contributed by atoms with Crippen LogP contribution in [0, 0.1) is 13.8 Å². The lowest BCUT2D eigenvalue weighted by atomic mass is 10.2. The number of phenols is 1. The largest absolute Gasteiger partial charge is 0.508 e. The average molecular weight is 266 g/mol. The number of carbonyl (C=O) groups is 1. The Labute approximate surface area is 109 Å². The fraction of sp³-hybridized carbons (Fsp3) is 0.154. The molecule has 0 aliphatic carbocycles. The maximum absolute atomic E-state index is 12.0. The zero-order valence-electron chi connectivity index (χ0n) is 9.95. The number of aryl methyl sites for hydroxylation is 2. The molecule has 0 aliphatic heterocycles. The molecule has 18 heavy (non-hydrogen) atoms. The SMILES string of the molecule is Cc1cc(C(=O)Nc2ccc(O)cc2Cl)c(C)o1. The van der Waals surface area contributed by atoms with Crippen LogP contribution in [-0.4, -0.2) is 11.0 Å². The molecule has 0 spiro atoms. The van der Waals surface area contributed by atoms with E-state index in [4.69, 9.17) is 16.0 Å². The topological polar surface area (TPSA) is 62.5 Å². The second-order valence-electron chi connectivity index (χ2n) is 3.95. The number of aromatic hydroxyl groups is 1. The summed E-state index contributed by atoms with van der Waals surface area (Å²) in [4.78, 5) is 12.0. The summed E-state index contributed by atoms with van der Waals surface area (Å²) in [7, 11) is 0. The molecule has 2 rings (SSSR count). The van der Waals surface area contributed by atoms with E-state index in [0.29, 0.717) is 22.8 Å². The van der Waals surface area contributed by atoms with Gasteiger partial charge in [0.05, 0.1) is 16.3 Å². The summed E-state index contributed by atoms with van der Waals surface area (Å²) in [5, 5.41) is 12.2. The van der Waals surface area contributed by atoms with Crippen LogP contribution in [0.15, 0.2) is 28.7 Å². The van der Waals surface area contributed by atoms with Crippen LogP contribution in [0.4, 0.5) is 5.69 Å². The van der Waals surface area contributed by atoms with Crippen LogP contribution in [0.5, 0.6) is 5.75 Å². The van der Waals surface area contributed by atoms with Crippen LogP contribution >= 0.6 is 11.6 Å². The second-order valence-corrected chi connectivity index (χ2v) is 4.35. The van der Waals surface area contributed by atoms with E-state index in [1.807, 2.05) is 0 Å². The van der Waals surface area contributed by atoms with E-state index in [2.05, 4.69) is 5.32 Å². The summed E-state index contributed by atoms with van der Waals surface area (Å²) < 4.78 is 5.29. The number of benzene rings is 1. The van der Waals surface area contributed by atoms with Crippen LogP contribution in [-0.2, 0) is 0 Å². The first-order valence-electron chi connectivity index (χ1n) is 5.34. The highest BCUT2D eigenvalue weighted by Crippen LogP contribution is 2.26. The summed E-state index contributed by atoms with van der Waals surface area (Å²) in [5.74, 6) is 0.986. The van der Waals surface area contributed by atoms with Gasteiger partial charge in [0, 0.05) is 6.07 Å². The van der Waals surface area contributed by atoms with Crippen LogP contribution in [0.1, 0.15) is 21.9 Å². The molecule has 1 amide bonds. The number of phenolic OH excluding ortho intramolecular Hbond substituents is 1. The van der Waals surface area contributed by atoms with Gasteiger partial charge in [0.1, 0.15) is 17.3 Å². The highest BCUT2D eigenvalue weighted by Gasteiger charge is 2.14. The van der Waals surface area contributed by atoms with Gasteiger partial charge < -0.3 is 14.8 Å². The fourth-order valence-corrected chi connectivity index (χ4v) is 1.87. The van der Waals surface area contributed by atoms with Gasteiger partial charge in [-0.1, -0.05) is 11.6 Å². The third-order valence-electron chi connectivity index (χ3n) is 2.49. The molecule has 0 aliphatic rings. The average Bonchev–Trinajstić information content (AvgIpc) is 2.62. The van der Waals surface area contributed by atoms with Crippen molar-refractivity contribution in [3.63, 3.8) is 0 Å². The minimum atomic E-state index is -0.295. The standard InChI is InChI=1S/C13H12ClNO3/c1-7-5-10(8(2)18-7)13(17)15-12-4-3-9(16)6-11(12)14/h3-6,16H,1-2H3,(H,15,17). The fourth-order valence-electron chi connectivity index (χ4n) is 1.65. The molecule has 0 atom stereocenters. The van der Waals surface area contributed by atoms with E-state index in [9.17, 15) is 9.90 Å². The Morgan fingerprint density at radius 2 is 2.06 bits per heavy atom. The maximum atomic E-state index is 12.0. The van der Waals surface area contributed by atoms with Gasteiger partial charge in [-0.15, -0.1) is 0 Å². The first-order chi connectivity index (χ1) is 8.47. The van der Waals surface area contributed by atoms with Crippen molar-refractivity contribution in [1.82, 2.24) is 0 Å². The van der Waals surface area contributed by atoms with Crippen molar-refractivity contribution in [1.29, 1.82) is 0 Å². The predicted molar refractivity (Wildman–Crippen MR) is 69.3 cm³/mol. The zero-order chi connectivity index (χ0) is 13.3. The van der Waals surface area contributed by atoms with Gasteiger partial charge in [0.2, 0.25) is 0 Å². The number of anilines is 1. The van der Waals surface area contributed by atoms with Gasteiger partial charge in [0.25, 0.3) is 5.91 Å². The van der Waals surface area contributed by atoms with Crippen molar-refractivity contribution in [2.75, 3.05) is 5.32 Å². The highest BCUT2D eigenvalue weighted by molar-refractivity contribution is 6.34. The third-order valence-corrected chi connectivity index (χ3v) is 2.80. The molecule has 1 heterocycles. The van der Waals surface area contributed by atoms with E-state index in [1.165, 1.54) is 18.2 Å². The summed E-state index contributed by atoms with van der Waals surface area (Å²) in [6, 6.07) is 6.02. The van der Waals surface area contributed by atoms with E-state index < -0.39 is 0 Å². The monoisotopic (exact) mass is 265 g/mol. The number of hydrogen-bond acceptors (Lipinski definition) is 3. The molecular weight excluding hydrogens is 254 g/mol. The Balaban J connectivity index is 2.24. The van der Waals surface area contributed by atoms with Gasteiger partial charge in [-0.05, 0) is 32.0 Å². The van der Waals surface area contributed by atoms with Crippen molar-refractivity contribution in [3.8, 4) is 5.75 Å². The second kappa shape index (κ2) is 4.74. The molecule has 2 aromatic rings. The van der Waals surface area contributed by atoms with Crippen LogP contribution < -0.4 is 5.32 Å². The molecule has 0 saturated carbocycles. The highest BCUT2D eigenvalue weighted by atomic mass is 35.5. The summed E-state index contributed by atoms with van der Waals surface area (Å²) in [6.07, 6.45) is 0. The predicted octanol–water partition coefficient (Wildman–Crippen LogP) is 3.51. The number of rotatable bonds is 2. The molecule has 0 bridgehead atoms. The quantitative estimate of drug-likeness (QED) is 0.817. The third kappa shape index (κ3) is 2.49. The molecule has 0 fully saturated rings. The van der Waals surface area contributed by atoms with Gasteiger partial charge in [-0.3, -0.25) is 4.79 Å². The molecule has 5 heteroatoms. The van der Waals surface area contributed by atoms with E-state index in [-0.39, 0.29) is 16.7 Å². The minimum absolute atomic E-state index is 0.0494. The smallest absolute Gasteiger partial charge is 0.259 e. The number of hydrogen-bond donors (Lipinski definition) is 2. The number of nitrogens with one attached hydrogen (secondary N) is 1. The Morgan fingerprint density at radius 1 is 1.33 bits per heavy atom. The lowest BCUT2D eigenvalue weighted by molar-refractivity contribution is 0.102. The van der Waals surface area contributed by atoms with Gasteiger partial charge in [0.15, 0.2) is 0 Å². The van der Waals surface area contributed by atoms with Gasteiger partial charge >= 0.3 is 0 Å². The Kier molecular flexibility index (Phi) is 3.30. The zero-order valence-corrected chi connectivity index (χ0v) is 10.7. The van der Waals surface area contributed by atoms with Gasteiger partial charge in [-0.2, -0.15) is 0 Å². The number of amides is 1. The Morgan fingerprint density at radius 3 is 2.61 bits per heavy atom. The van der Waals surface area contributed by atoms with Crippen molar-refractivity contribution in [2.45, 2.75) is 13.8 Å². The normalized spacial score (nSPS) is 10.4. The summed E-state index contributed by atoms with van der Waals surface area (Å²) in [5.41, 5.74) is 0.911. The lowest BCUT2D eigenvalue weighted by Gasteiger charge is -2.06. The molecule has 0 saturated heterocycles. The maximum Gasteiger partial charge on any atom is 0.259 e. The molecule has 1 aromatic carbocycles. The molecule has 1 aromatic heterocycles. The van der Waals surface area contributed by atoms with E-state index in [0.717, 1.165) is 0 Å². The van der Waals surface area contributed by atoms with Crippen LogP contribution in [0.25, 0.3) is 0 Å². The van der Waals surface area contributed by atoms with Crippen molar-refractivity contribution >= 4 is 23.2 Å².